The standard InChI is InChI=1S/C16H24N2O2/c1-15(2,3)17-14(19)13-9-7-12(8-10-13)11-18(20)16(4,5)6/h7-11H,1-6H3,(H,17,19). The van der Waals surface area contributed by atoms with Crippen LogP contribution < -0.4 is 5.32 Å². The van der Waals surface area contributed by atoms with Crippen molar-refractivity contribution in [2.75, 3.05) is 0 Å². The number of nitrogens with zero attached hydrogens (tertiary/aromatic N) is 1. The van der Waals surface area contributed by atoms with Crippen LogP contribution in [0.5, 0.6) is 0 Å². The largest absolute Gasteiger partial charge is 0.623 e. The molecule has 0 spiro atoms. The van der Waals surface area contributed by atoms with Gasteiger partial charge in [-0.15, -0.1) is 0 Å². The molecule has 1 aromatic rings. The monoisotopic (exact) mass is 276 g/mol. The smallest absolute Gasteiger partial charge is 0.251 e. The Bertz CT molecular complexity index is 503. The molecule has 0 heterocycles. The van der Waals surface area contributed by atoms with Crippen molar-refractivity contribution in [3.05, 3.63) is 40.6 Å². The normalized spacial score (nSPS) is 13.2. The fourth-order valence-electron chi connectivity index (χ4n) is 1.46. The van der Waals surface area contributed by atoms with Gasteiger partial charge in [-0.25, -0.2) is 4.74 Å². The summed E-state index contributed by atoms with van der Waals surface area (Å²) in [5.74, 6) is -0.112. The molecule has 4 nitrogen and oxygen atoms in total. The zero-order chi connectivity index (χ0) is 15.6. The fraction of sp³-hybridized carbons (Fsp3) is 0.500. The Labute approximate surface area is 121 Å². The van der Waals surface area contributed by atoms with Crippen LogP contribution in [0, 0.1) is 5.21 Å². The summed E-state index contributed by atoms with van der Waals surface area (Å²) in [5.41, 5.74) is 0.634. The maximum absolute atomic E-state index is 12.0. The van der Waals surface area contributed by atoms with E-state index < -0.39 is 5.54 Å². The van der Waals surface area contributed by atoms with Crippen LogP contribution in [0.15, 0.2) is 24.3 Å². The third-order valence-corrected chi connectivity index (χ3v) is 2.59. The van der Waals surface area contributed by atoms with Crippen molar-refractivity contribution < 1.29 is 9.53 Å². The molecule has 0 aliphatic heterocycles. The number of carbonyl (C=O) groups excluding carboxylic acids is 1. The van der Waals surface area contributed by atoms with Crippen LogP contribution in [0.3, 0.4) is 0 Å². The number of hydrogen-bond acceptors (Lipinski definition) is 2. The first kappa shape index (κ1) is 16.2. The van der Waals surface area contributed by atoms with E-state index in [1.807, 2.05) is 41.5 Å². The van der Waals surface area contributed by atoms with Crippen LogP contribution in [0.1, 0.15) is 57.5 Å². The van der Waals surface area contributed by atoms with Crippen LogP contribution >= 0.6 is 0 Å². The van der Waals surface area contributed by atoms with Crippen molar-refractivity contribution >= 4 is 12.1 Å². The van der Waals surface area contributed by atoms with Gasteiger partial charge < -0.3 is 10.5 Å². The molecule has 0 atom stereocenters. The van der Waals surface area contributed by atoms with Crippen molar-refractivity contribution in [2.45, 2.75) is 52.6 Å². The Morgan fingerprint density at radius 3 is 2.00 bits per heavy atom. The molecule has 4 heteroatoms. The lowest BCUT2D eigenvalue weighted by molar-refractivity contribution is -0.530. The minimum absolute atomic E-state index is 0.112. The molecule has 0 aromatic heterocycles. The van der Waals surface area contributed by atoms with Crippen molar-refractivity contribution in [1.82, 2.24) is 5.32 Å². The Balaban J connectivity index is 2.87. The van der Waals surface area contributed by atoms with Gasteiger partial charge in [0.1, 0.15) is 0 Å². The van der Waals surface area contributed by atoms with E-state index in [9.17, 15) is 10.0 Å². The molecule has 1 rings (SSSR count). The van der Waals surface area contributed by atoms with E-state index in [-0.39, 0.29) is 11.4 Å². The summed E-state index contributed by atoms with van der Waals surface area (Å²) in [5, 5.41) is 14.7. The molecule has 1 N–H and O–H groups in total. The number of rotatable bonds is 2. The highest BCUT2D eigenvalue weighted by Crippen LogP contribution is 2.09. The van der Waals surface area contributed by atoms with Gasteiger partial charge in [-0.1, -0.05) is 0 Å². The topological polar surface area (TPSA) is 55.2 Å². The number of hydrogen-bond donors (Lipinski definition) is 1. The Morgan fingerprint density at radius 2 is 1.60 bits per heavy atom. The van der Waals surface area contributed by atoms with Gasteiger partial charge in [0.2, 0.25) is 0 Å². The van der Waals surface area contributed by atoms with Gasteiger partial charge in [-0.05, 0) is 45.0 Å². The molecule has 0 aliphatic carbocycles. The number of carbonyl (C=O) groups is 1. The van der Waals surface area contributed by atoms with Crippen LogP contribution in [0.25, 0.3) is 0 Å². The van der Waals surface area contributed by atoms with E-state index in [1.165, 1.54) is 6.21 Å². The van der Waals surface area contributed by atoms with Gasteiger partial charge in [-0.3, -0.25) is 4.79 Å². The van der Waals surface area contributed by atoms with Crippen molar-refractivity contribution in [3.8, 4) is 0 Å². The molecule has 1 amide bonds. The number of benzene rings is 1. The van der Waals surface area contributed by atoms with E-state index in [2.05, 4.69) is 5.32 Å². The van der Waals surface area contributed by atoms with Crippen LogP contribution in [0.4, 0.5) is 0 Å². The van der Waals surface area contributed by atoms with E-state index in [0.717, 1.165) is 10.3 Å². The molecule has 0 radical (unpaired) electrons. The van der Waals surface area contributed by atoms with Gasteiger partial charge in [0.05, 0.1) is 0 Å². The third kappa shape index (κ3) is 5.03. The van der Waals surface area contributed by atoms with E-state index in [1.54, 1.807) is 24.3 Å². The average molecular weight is 276 g/mol. The summed E-state index contributed by atoms with van der Waals surface area (Å²) in [6.45, 7) is 11.4. The molecular weight excluding hydrogens is 252 g/mol. The number of amides is 1. The van der Waals surface area contributed by atoms with Crippen LogP contribution in [-0.4, -0.2) is 27.9 Å². The molecule has 20 heavy (non-hydrogen) atoms. The second kappa shape index (κ2) is 5.65. The average Bonchev–Trinajstić information content (AvgIpc) is 2.26. The zero-order valence-electron chi connectivity index (χ0n) is 13.2. The predicted molar refractivity (Wildman–Crippen MR) is 82.2 cm³/mol. The minimum atomic E-state index is -0.470. The first-order chi connectivity index (χ1) is 8.99. The van der Waals surface area contributed by atoms with Gasteiger partial charge in [0.25, 0.3) is 5.91 Å². The number of hydroxylamine groups is 1. The summed E-state index contributed by atoms with van der Waals surface area (Å²) in [6, 6.07) is 7.00. The highest BCUT2D eigenvalue weighted by Gasteiger charge is 2.18. The highest BCUT2D eigenvalue weighted by atomic mass is 16.5. The predicted octanol–water partition coefficient (Wildman–Crippen LogP) is 2.94. The molecule has 0 fully saturated rings. The molecule has 0 aliphatic rings. The molecule has 110 valence electrons. The molecule has 1 aromatic carbocycles. The van der Waals surface area contributed by atoms with Gasteiger partial charge in [-0.2, -0.15) is 0 Å². The molecule has 0 bridgehead atoms. The second-order valence-corrected chi connectivity index (χ2v) is 6.95. The second-order valence-electron chi connectivity index (χ2n) is 6.95. The lowest BCUT2D eigenvalue weighted by atomic mass is 10.1. The fourth-order valence-corrected chi connectivity index (χ4v) is 1.46. The summed E-state index contributed by atoms with van der Waals surface area (Å²) in [7, 11) is 0. The maximum atomic E-state index is 12.0. The maximum Gasteiger partial charge on any atom is 0.251 e. The summed E-state index contributed by atoms with van der Waals surface area (Å²) < 4.78 is 0.914. The lowest BCUT2D eigenvalue weighted by Crippen LogP contribution is -2.40. The number of nitrogens with one attached hydrogen (secondary N) is 1. The molecule has 0 saturated heterocycles. The van der Waals surface area contributed by atoms with E-state index in [0.29, 0.717) is 5.56 Å². The summed E-state index contributed by atoms with van der Waals surface area (Å²) >= 11 is 0. The van der Waals surface area contributed by atoms with Crippen LogP contribution in [-0.2, 0) is 0 Å². The Kier molecular flexibility index (Phi) is 4.58. The molecule has 0 saturated carbocycles. The van der Waals surface area contributed by atoms with E-state index >= 15 is 0 Å². The molecule has 0 unspecified atom stereocenters. The first-order valence-corrected chi connectivity index (χ1v) is 6.73. The quantitative estimate of drug-likeness (QED) is 0.391. The molecular formula is C16H24N2O2. The van der Waals surface area contributed by atoms with E-state index in [4.69, 9.17) is 0 Å². The van der Waals surface area contributed by atoms with Gasteiger partial charge in [0, 0.05) is 37.4 Å². The SMILES string of the molecule is CC(C)(C)NC(=O)c1ccc(C=[N+]([O-])C(C)(C)C)cc1. The first-order valence-electron chi connectivity index (χ1n) is 6.73. The summed E-state index contributed by atoms with van der Waals surface area (Å²) in [6.07, 6.45) is 1.53. The van der Waals surface area contributed by atoms with Gasteiger partial charge in [0.15, 0.2) is 11.8 Å². The highest BCUT2D eigenvalue weighted by molar-refractivity contribution is 5.95. The van der Waals surface area contributed by atoms with Crippen molar-refractivity contribution in [1.29, 1.82) is 0 Å². The minimum Gasteiger partial charge on any atom is -0.623 e. The third-order valence-electron chi connectivity index (χ3n) is 2.59. The Hall–Kier alpha value is -1.84. The lowest BCUT2D eigenvalue weighted by Gasteiger charge is -2.20. The van der Waals surface area contributed by atoms with Gasteiger partial charge >= 0.3 is 0 Å². The van der Waals surface area contributed by atoms with Crippen molar-refractivity contribution in [2.24, 2.45) is 0 Å². The zero-order valence-corrected chi connectivity index (χ0v) is 13.2. The van der Waals surface area contributed by atoms with Crippen LogP contribution in [0.2, 0.25) is 0 Å². The Morgan fingerprint density at radius 1 is 1.10 bits per heavy atom. The summed E-state index contributed by atoms with van der Waals surface area (Å²) in [4.78, 5) is 12.0. The van der Waals surface area contributed by atoms with Crippen molar-refractivity contribution in [3.63, 3.8) is 0 Å².